The van der Waals surface area contributed by atoms with E-state index in [4.69, 9.17) is 4.74 Å². The Labute approximate surface area is 126 Å². The molecule has 1 aromatic carbocycles. The molecule has 1 unspecified atom stereocenters. The SMILES string of the molecule is CCCOc1ccccc1C(NCC)c1ncc(C)cn1. The molecule has 0 saturated heterocycles. The zero-order valence-corrected chi connectivity index (χ0v) is 13.0. The summed E-state index contributed by atoms with van der Waals surface area (Å²) in [5.74, 6) is 1.67. The average molecular weight is 285 g/mol. The minimum atomic E-state index is -0.0522. The lowest BCUT2D eigenvalue weighted by molar-refractivity contribution is 0.311. The fraction of sp³-hybridized carbons (Fsp3) is 0.412. The third kappa shape index (κ3) is 4.02. The van der Waals surface area contributed by atoms with Crippen LogP contribution in [0.2, 0.25) is 0 Å². The summed E-state index contributed by atoms with van der Waals surface area (Å²) in [6.45, 7) is 7.73. The van der Waals surface area contributed by atoms with Crippen LogP contribution in [-0.4, -0.2) is 23.1 Å². The van der Waals surface area contributed by atoms with Gasteiger partial charge < -0.3 is 10.1 Å². The van der Waals surface area contributed by atoms with E-state index in [9.17, 15) is 0 Å². The van der Waals surface area contributed by atoms with E-state index in [2.05, 4.69) is 35.2 Å². The van der Waals surface area contributed by atoms with Crippen molar-refractivity contribution in [2.75, 3.05) is 13.2 Å². The van der Waals surface area contributed by atoms with Crippen LogP contribution in [0.1, 0.15) is 43.3 Å². The largest absolute Gasteiger partial charge is 0.493 e. The molecule has 0 radical (unpaired) electrons. The van der Waals surface area contributed by atoms with Gasteiger partial charge in [0.25, 0.3) is 0 Å². The lowest BCUT2D eigenvalue weighted by Crippen LogP contribution is -2.24. The molecule has 0 fully saturated rings. The van der Waals surface area contributed by atoms with Crippen LogP contribution in [0.5, 0.6) is 5.75 Å². The number of nitrogens with zero attached hydrogens (tertiary/aromatic N) is 2. The molecule has 1 atom stereocenters. The Hall–Kier alpha value is -1.94. The molecule has 0 amide bonds. The van der Waals surface area contributed by atoms with Gasteiger partial charge in [0, 0.05) is 18.0 Å². The Morgan fingerprint density at radius 3 is 2.52 bits per heavy atom. The first-order chi connectivity index (χ1) is 10.3. The maximum Gasteiger partial charge on any atom is 0.149 e. The lowest BCUT2D eigenvalue weighted by atomic mass is 10.0. The van der Waals surface area contributed by atoms with Gasteiger partial charge in [-0.05, 0) is 31.5 Å². The van der Waals surface area contributed by atoms with E-state index in [0.717, 1.165) is 35.7 Å². The Morgan fingerprint density at radius 1 is 1.14 bits per heavy atom. The van der Waals surface area contributed by atoms with Crippen molar-refractivity contribution in [3.05, 3.63) is 53.6 Å². The molecule has 4 heteroatoms. The summed E-state index contributed by atoms with van der Waals surface area (Å²) in [4.78, 5) is 8.93. The van der Waals surface area contributed by atoms with Crippen LogP contribution in [0.25, 0.3) is 0 Å². The second kappa shape index (κ2) is 7.74. The van der Waals surface area contributed by atoms with E-state index in [0.29, 0.717) is 6.61 Å². The van der Waals surface area contributed by atoms with Crippen molar-refractivity contribution in [1.29, 1.82) is 0 Å². The van der Waals surface area contributed by atoms with Gasteiger partial charge in [-0.1, -0.05) is 32.0 Å². The highest BCUT2D eigenvalue weighted by Gasteiger charge is 2.19. The van der Waals surface area contributed by atoms with Gasteiger partial charge in [-0.2, -0.15) is 0 Å². The summed E-state index contributed by atoms with van der Waals surface area (Å²) < 4.78 is 5.86. The summed E-state index contributed by atoms with van der Waals surface area (Å²) >= 11 is 0. The number of benzene rings is 1. The van der Waals surface area contributed by atoms with Gasteiger partial charge in [0.15, 0.2) is 0 Å². The van der Waals surface area contributed by atoms with Crippen LogP contribution in [0.3, 0.4) is 0 Å². The highest BCUT2D eigenvalue weighted by Crippen LogP contribution is 2.28. The van der Waals surface area contributed by atoms with Gasteiger partial charge in [0.05, 0.1) is 12.6 Å². The zero-order valence-electron chi connectivity index (χ0n) is 13.0. The fourth-order valence-corrected chi connectivity index (χ4v) is 2.16. The number of para-hydroxylation sites is 1. The second-order valence-corrected chi connectivity index (χ2v) is 5.00. The first-order valence-corrected chi connectivity index (χ1v) is 7.49. The molecule has 1 N–H and O–H groups in total. The van der Waals surface area contributed by atoms with Crippen LogP contribution in [0.15, 0.2) is 36.7 Å². The van der Waals surface area contributed by atoms with Gasteiger partial charge in [-0.15, -0.1) is 0 Å². The van der Waals surface area contributed by atoms with Crippen LogP contribution in [0.4, 0.5) is 0 Å². The molecule has 112 valence electrons. The van der Waals surface area contributed by atoms with Crippen LogP contribution in [-0.2, 0) is 0 Å². The first-order valence-electron chi connectivity index (χ1n) is 7.49. The van der Waals surface area contributed by atoms with Crippen molar-refractivity contribution < 1.29 is 4.74 Å². The lowest BCUT2D eigenvalue weighted by Gasteiger charge is -2.20. The quantitative estimate of drug-likeness (QED) is 0.848. The third-order valence-corrected chi connectivity index (χ3v) is 3.16. The van der Waals surface area contributed by atoms with E-state index in [-0.39, 0.29) is 6.04 Å². The molecule has 0 saturated carbocycles. The van der Waals surface area contributed by atoms with Crippen molar-refractivity contribution in [3.63, 3.8) is 0 Å². The average Bonchev–Trinajstić information content (AvgIpc) is 2.52. The highest BCUT2D eigenvalue weighted by atomic mass is 16.5. The minimum Gasteiger partial charge on any atom is -0.493 e. The number of aryl methyl sites for hydroxylation is 1. The van der Waals surface area contributed by atoms with Crippen LogP contribution >= 0.6 is 0 Å². The molecule has 0 aliphatic heterocycles. The highest BCUT2D eigenvalue weighted by molar-refractivity contribution is 5.39. The number of nitrogens with one attached hydrogen (secondary N) is 1. The summed E-state index contributed by atoms with van der Waals surface area (Å²) in [5, 5.41) is 3.45. The van der Waals surface area contributed by atoms with Crippen molar-refractivity contribution in [3.8, 4) is 5.75 Å². The predicted octanol–water partition coefficient (Wildman–Crippen LogP) is 3.27. The number of rotatable bonds is 7. The Balaban J connectivity index is 2.35. The van der Waals surface area contributed by atoms with E-state index in [1.165, 1.54) is 0 Å². The fourth-order valence-electron chi connectivity index (χ4n) is 2.16. The number of hydrogen-bond donors (Lipinski definition) is 1. The molecular formula is C17H23N3O. The third-order valence-electron chi connectivity index (χ3n) is 3.16. The van der Waals surface area contributed by atoms with Crippen molar-refractivity contribution in [1.82, 2.24) is 15.3 Å². The van der Waals surface area contributed by atoms with Gasteiger partial charge in [0.1, 0.15) is 11.6 Å². The second-order valence-electron chi connectivity index (χ2n) is 5.00. The van der Waals surface area contributed by atoms with Crippen molar-refractivity contribution >= 4 is 0 Å². The van der Waals surface area contributed by atoms with Gasteiger partial charge in [-0.25, -0.2) is 9.97 Å². The molecule has 1 aromatic heterocycles. The normalized spacial score (nSPS) is 12.1. The molecule has 2 rings (SSSR count). The monoisotopic (exact) mass is 285 g/mol. The molecule has 0 aliphatic rings. The molecule has 0 bridgehead atoms. The van der Waals surface area contributed by atoms with Gasteiger partial charge in [0.2, 0.25) is 0 Å². The maximum absolute atomic E-state index is 5.86. The minimum absolute atomic E-state index is 0.0522. The van der Waals surface area contributed by atoms with Crippen LogP contribution < -0.4 is 10.1 Å². The molecule has 21 heavy (non-hydrogen) atoms. The predicted molar refractivity (Wildman–Crippen MR) is 84.5 cm³/mol. The Morgan fingerprint density at radius 2 is 1.86 bits per heavy atom. The van der Waals surface area contributed by atoms with E-state index in [1.807, 2.05) is 37.5 Å². The summed E-state index contributed by atoms with van der Waals surface area (Å²) in [6.07, 6.45) is 4.69. The topological polar surface area (TPSA) is 47.0 Å². The molecule has 0 aliphatic carbocycles. The number of aromatic nitrogens is 2. The van der Waals surface area contributed by atoms with E-state index < -0.39 is 0 Å². The smallest absolute Gasteiger partial charge is 0.149 e. The Kier molecular flexibility index (Phi) is 5.69. The van der Waals surface area contributed by atoms with Crippen LogP contribution in [0, 0.1) is 6.92 Å². The molecule has 4 nitrogen and oxygen atoms in total. The van der Waals surface area contributed by atoms with Crippen molar-refractivity contribution in [2.24, 2.45) is 0 Å². The summed E-state index contributed by atoms with van der Waals surface area (Å²) in [7, 11) is 0. The van der Waals surface area contributed by atoms with E-state index in [1.54, 1.807) is 0 Å². The van der Waals surface area contributed by atoms with Gasteiger partial charge >= 0.3 is 0 Å². The zero-order chi connectivity index (χ0) is 15.1. The van der Waals surface area contributed by atoms with E-state index >= 15 is 0 Å². The molecular weight excluding hydrogens is 262 g/mol. The first kappa shape index (κ1) is 15.4. The molecule has 1 heterocycles. The summed E-state index contributed by atoms with van der Waals surface area (Å²) in [5.41, 5.74) is 2.14. The number of ether oxygens (including phenoxy) is 1. The Bertz CT molecular complexity index is 554. The standard InChI is InChI=1S/C17H23N3O/c1-4-10-21-15-9-7-6-8-14(15)16(18-5-2)17-19-11-13(3)12-20-17/h6-9,11-12,16,18H,4-5,10H2,1-3H3. The molecule has 2 aromatic rings. The molecule has 0 spiro atoms. The summed E-state index contributed by atoms with van der Waals surface area (Å²) in [6, 6.07) is 8.04. The maximum atomic E-state index is 5.86. The van der Waals surface area contributed by atoms with Crippen molar-refractivity contribution in [2.45, 2.75) is 33.2 Å². The van der Waals surface area contributed by atoms with Gasteiger partial charge in [-0.3, -0.25) is 0 Å². The number of hydrogen-bond acceptors (Lipinski definition) is 4.